The summed E-state index contributed by atoms with van der Waals surface area (Å²) in [6.45, 7) is 0.498. The molecule has 0 aliphatic rings. The van der Waals surface area contributed by atoms with Gasteiger partial charge in [-0.15, -0.1) is 0 Å². The topological polar surface area (TPSA) is 43.9 Å². The van der Waals surface area contributed by atoms with Crippen molar-refractivity contribution in [3.05, 3.63) is 35.6 Å². The molecule has 5 nitrogen and oxygen atoms in total. The summed E-state index contributed by atoms with van der Waals surface area (Å²) in [5.41, 5.74) is 0.473. The number of hydrogen-bond acceptors (Lipinski definition) is 3. The number of likely N-dealkylation sites (N-methyl/N-ethyl adjacent to an activating group) is 3. The first-order valence-corrected chi connectivity index (χ1v) is 6.67. The molecule has 1 aromatic carbocycles. The number of amides is 2. The Kier molecular flexibility index (Phi) is 6.30. The van der Waals surface area contributed by atoms with Crippen molar-refractivity contribution < 1.29 is 14.0 Å². The van der Waals surface area contributed by atoms with Gasteiger partial charge in [0.25, 0.3) is 0 Å². The predicted molar refractivity (Wildman–Crippen MR) is 79.1 cm³/mol. The molecule has 116 valence electrons. The highest BCUT2D eigenvalue weighted by Gasteiger charge is 2.16. The van der Waals surface area contributed by atoms with Crippen LogP contribution in [0.15, 0.2) is 24.3 Å². The lowest BCUT2D eigenvalue weighted by Crippen LogP contribution is -2.41. The van der Waals surface area contributed by atoms with Crippen LogP contribution >= 0.6 is 0 Å². The first-order chi connectivity index (χ1) is 9.81. The molecule has 1 aromatic rings. The first-order valence-electron chi connectivity index (χ1n) is 6.67. The van der Waals surface area contributed by atoms with E-state index in [1.165, 1.54) is 15.9 Å². The Bertz CT molecular complexity index is 505. The van der Waals surface area contributed by atoms with Crippen molar-refractivity contribution in [1.82, 2.24) is 14.7 Å². The summed E-state index contributed by atoms with van der Waals surface area (Å²) in [4.78, 5) is 28.2. The third kappa shape index (κ3) is 5.51. The minimum Gasteiger partial charge on any atom is -0.348 e. The second-order valence-electron chi connectivity index (χ2n) is 5.30. The van der Waals surface area contributed by atoms with Crippen LogP contribution in [0.3, 0.4) is 0 Å². The number of nitrogens with zero attached hydrogens (tertiary/aromatic N) is 3. The lowest BCUT2D eigenvalue weighted by atomic mass is 10.2. The van der Waals surface area contributed by atoms with Gasteiger partial charge in [-0.1, -0.05) is 18.2 Å². The molecule has 0 unspecified atom stereocenters. The molecule has 0 saturated carbocycles. The first kappa shape index (κ1) is 17.1. The minimum atomic E-state index is -0.326. The summed E-state index contributed by atoms with van der Waals surface area (Å²) in [5, 5.41) is 0. The lowest BCUT2D eigenvalue weighted by molar-refractivity contribution is -0.133. The average molecular weight is 295 g/mol. The molecule has 0 spiro atoms. The monoisotopic (exact) mass is 295 g/mol. The molecule has 0 radical (unpaired) electrons. The molecule has 0 N–H and O–H groups in total. The van der Waals surface area contributed by atoms with Crippen molar-refractivity contribution in [3.63, 3.8) is 0 Å². The molecule has 2 amide bonds. The van der Waals surface area contributed by atoms with E-state index < -0.39 is 0 Å². The van der Waals surface area contributed by atoms with Gasteiger partial charge in [-0.05, 0) is 13.1 Å². The van der Waals surface area contributed by atoms with Gasteiger partial charge >= 0.3 is 0 Å². The number of hydrogen-bond donors (Lipinski definition) is 0. The van der Waals surface area contributed by atoms with Gasteiger partial charge in [-0.3, -0.25) is 14.5 Å². The Morgan fingerprint density at radius 1 is 1.00 bits per heavy atom. The molecule has 0 aromatic heterocycles. The minimum absolute atomic E-state index is 0.0675. The Hall–Kier alpha value is -1.95. The Morgan fingerprint density at radius 2 is 1.57 bits per heavy atom. The molecule has 6 heteroatoms. The third-order valence-electron chi connectivity index (χ3n) is 3.10. The maximum atomic E-state index is 13.5. The smallest absolute Gasteiger partial charge is 0.236 e. The summed E-state index contributed by atoms with van der Waals surface area (Å²) in [6.07, 6.45) is 0. The van der Waals surface area contributed by atoms with E-state index in [9.17, 15) is 14.0 Å². The highest BCUT2D eigenvalue weighted by molar-refractivity contribution is 5.80. The number of benzene rings is 1. The van der Waals surface area contributed by atoms with E-state index in [1.807, 2.05) is 0 Å². The van der Waals surface area contributed by atoms with Crippen molar-refractivity contribution >= 4 is 11.8 Å². The van der Waals surface area contributed by atoms with Crippen molar-refractivity contribution in [3.8, 4) is 0 Å². The molecule has 0 aliphatic carbocycles. The summed E-state index contributed by atoms with van der Waals surface area (Å²) in [6, 6.07) is 6.37. The molecule has 0 aliphatic heterocycles. The van der Waals surface area contributed by atoms with Crippen molar-refractivity contribution in [2.45, 2.75) is 6.54 Å². The van der Waals surface area contributed by atoms with E-state index in [-0.39, 0.29) is 37.3 Å². The second kappa shape index (κ2) is 7.73. The van der Waals surface area contributed by atoms with Crippen LogP contribution in [0.2, 0.25) is 0 Å². The molecule has 1 rings (SSSR count). The van der Waals surface area contributed by atoms with Crippen LogP contribution in [0.1, 0.15) is 5.56 Å². The summed E-state index contributed by atoms with van der Waals surface area (Å²) in [7, 11) is 6.66. The maximum absolute atomic E-state index is 13.5. The SMILES string of the molecule is CN(CC(=O)N(C)C)CC(=O)N(C)Cc1ccccc1F. The normalized spacial score (nSPS) is 10.6. The fourth-order valence-electron chi connectivity index (χ4n) is 1.75. The number of carbonyl (C=O) groups excluding carboxylic acids is 2. The largest absolute Gasteiger partial charge is 0.348 e. The van der Waals surface area contributed by atoms with Crippen LogP contribution in [0, 0.1) is 5.82 Å². The van der Waals surface area contributed by atoms with Gasteiger partial charge in [-0.25, -0.2) is 4.39 Å². The van der Waals surface area contributed by atoms with Crippen LogP contribution < -0.4 is 0 Å². The van der Waals surface area contributed by atoms with Crippen molar-refractivity contribution in [2.75, 3.05) is 41.3 Å². The van der Waals surface area contributed by atoms with Crippen LogP contribution in [-0.2, 0) is 16.1 Å². The zero-order valence-electron chi connectivity index (χ0n) is 13.0. The van der Waals surface area contributed by atoms with E-state index >= 15 is 0 Å². The standard InChI is InChI=1S/C15H22FN3O2/c1-17(2)14(20)10-18(3)11-15(21)19(4)9-12-7-5-6-8-13(12)16/h5-8H,9-11H2,1-4H3. The Balaban J connectivity index is 2.51. The summed E-state index contributed by atoms with van der Waals surface area (Å²) in [5.74, 6) is -0.553. The molecular weight excluding hydrogens is 273 g/mol. The summed E-state index contributed by atoms with van der Waals surface area (Å²) < 4.78 is 13.5. The van der Waals surface area contributed by atoms with Gasteiger partial charge in [0.1, 0.15) is 5.82 Å². The number of carbonyl (C=O) groups is 2. The van der Waals surface area contributed by atoms with Gasteiger partial charge < -0.3 is 9.80 Å². The van der Waals surface area contributed by atoms with Crippen LogP contribution in [0.5, 0.6) is 0 Å². The van der Waals surface area contributed by atoms with E-state index in [4.69, 9.17) is 0 Å². The highest BCUT2D eigenvalue weighted by atomic mass is 19.1. The Morgan fingerprint density at radius 3 is 2.14 bits per heavy atom. The molecule has 0 saturated heterocycles. The average Bonchev–Trinajstić information content (AvgIpc) is 2.40. The highest BCUT2D eigenvalue weighted by Crippen LogP contribution is 2.09. The van der Waals surface area contributed by atoms with Crippen LogP contribution in [0.4, 0.5) is 4.39 Å². The summed E-state index contributed by atoms with van der Waals surface area (Å²) >= 11 is 0. The van der Waals surface area contributed by atoms with Gasteiger partial charge in [0.15, 0.2) is 0 Å². The molecule has 21 heavy (non-hydrogen) atoms. The molecule has 0 atom stereocenters. The zero-order valence-corrected chi connectivity index (χ0v) is 13.0. The number of rotatable bonds is 6. The zero-order chi connectivity index (χ0) is 16.0. The van der Waals surface area contributed by atoms with Gasteiger partial charge in [0.05, 0.1) is 13.1 Å². The van der Waals surface area contributed by atoms with E-state index in [1.54, 1.807) is 51.3 Å². The van der Waals surface area contributed by atoms with E-state index in [0.29, 0.717) is 5.56 Å². The molecule has 0 fully saturated rings. The molecule has 0 bridgehead atoms. The second-order valence-corrected chi connectivity index (χ2v) is 5.30. The van der Waals surface area contributed by atoms with Gasteiger partial charge in [-0.2, -0.15) is 0 Å². The maximum Gasteiger partial charge on any atom is 0.236 e. The van der Waals surface area contributed by atoms with E-state index in [0.717, 1.165) is 0 Å². The number of halogens is 1. The van der Waals surface area contributed by atoms with Crippen molar-refractivity contribution in [2.24, 2.45) is 0 Å². The van der Waals surface area contributed by atoms with Crippen LogP contribution in [-0.4, -0.2) is 67.8 Å². The Labute approximate surface area is 124 Å². The quantitative estimate of drug-likeness (QED) is 0.780. The predicted octanol–water partition coefficient (Wildman–Crippen LogP) is 0.804. The third-order valence-corrected chi connectivity index (χ3v) is 3.10. The van der Waals surface area contributed by atoms with Crippen molar-refractivity contribution in [1.29, 1.82) is 0 Å². The van der Waals surface area contributed by atoms with Gasteiger partial charge in [0.2, 0.25) is 11.8 Å². The van der Waals surface area contributed by atoms with Gasteiger partial charge in [0, 0.05) is 33.3 Å². The fraction of sp³-hybridized carbons (Fsp3) is 0.467. The lowest BCUT2D eigenvalue weighted by Gasteiger charge is -2.22. The van der Waals surface area contributed by atoms with Crippen LogP contribution in [0.25, 0.3) is 0 Å². The molecule has 0 heterocycles. The molecular formula is C15H22FN3O2. The van der Waals surface area contributed by atoms with E-state index in [2.05, 4.69) is 0 Å². The fourth-order valence-corrected chi connectivity index (χ4v) is 1.75.